The molecule has 5 heteroatoms. The van der Waals surface area contributed by atoms with Gasteiger partial charge in [0, 0.05) is 49.0 Å². The van der Waals surface area contributed by atoms with Crippen LogP contribution in [0.3, 0.4) is 0 Å². The average Bonchev–Trinajstić information content (AvgIpc) is 2.65. The third-order valence-corrected chi connectivity index (χ3v) is 4.93. The number of rotatable bonds is 3. The Labute approximate surface area is 151 Å². The lowest BCUT2D eigenvalue weighted by Gasteiger charge is -2.36. The summed E-state index contributed by atoms with van der Waals surface area (Å²) in [6, 6.07) is 15.3. The van der Waals surface area contributed by atoms with E-state index in [2.05, 4.69) is 15.9 Å². The number of fused-ring (bicyclic) bond motifs is 1. The molecule has 0 radical (unpaired) electrons. The highest BCUT2D eigenvalue weighted by Crippen LogP contribution is 2.21. The van der Waals surface area contributed by atoms with Gasteiger partial charge in [-0.2, -0.15) is 0 Å². The quantitative estimate of drug-likeness (QED) is 0.717. The van der Waals surface area contributed by atoms with Crippen molar-refractivity contribution in [3.8, 4) is 0 Å². The van der Waals surface area contributed by atoms with Crippen LogP contribution in [0.15, 0.2) is 64.0 Å². The molecule has 0 spiro atoms. The maximum absolute atomic E-state index is 12.6. The van der Waals surface area contributed by atoms with Crippen molar-refractivity contribution in [3.63, 3.8) is 0 Å². The Morgan fingerprint density at radius 3 is 2.60 bits per heavy atom. The molecule has 2 aromatic carbocycles. The predicted molar refractivity (Wildman–Crippen MR) is 101 cm³/mol. The number of hydrogen-bond acceptors (Lipinski definition) is 4. The molecule has 1 aliphatic heterocycles. The van der Waals surface area contributed by atoms with E-state index in [-0.39, 0.29) is 5.43 Å². The lowest BCUT2D eigenvalue weighted by Crippen LogP contribution is -2.46. The topological polar surface area (TPSA) is 36.7 Å². The summed E-state index contributed by atoms with van der Waals surface area (Å²) < 4.78 is 5.62. The normalized spacial score (nSPS) is 15.6. The van der Waals surface area contributed by atoms with Gasteiger partial charge in [0.25, 0.3) is 0 Å². The molecule has 25 heavy (non-hydrogen) atoms. The molecule has 0 N–H and O–H groups in total. The van der Waals surface area contributed by atoms with Gasteiger partial charge in [0.05, 0.1) is 11.6 Å². The molecule has 2 heterocycles. The molecule has 0 aliphatic carbocycles. The Morgan fingerprint density at radius 1 is 1.00 bits per heavy atom. The van der Waals surface area contributed by atoms with E-state index in [9.17, 15) is 4.79 Å². The van der Waals surface area contributed by atoms with Crippen molar-refractivity contribution in [3.05, 3.63) is 75.6 Å². The molecule has 3 aromatic rings. The summed E-state index contributed by atoms with van der Waals surface area (Å²) in [5.41, 5.74) is 2.58. The second-order valence-corrected chi connectivity index (χ2v) is 6.77. The van der Waals surface area contributed by atoms with Gasteiger partial charge in [0.15, 0.2) is 5.43 Å². The first kappa shape index (κ1) is 16.2. The van der Waals surface area contributed by atoms with Gasteiger partial charge < -0.3 is 9.32 Å². The third-order valence-electron chi connectivity index (χ3n) is 4.69. The van der Waals surface area contributed by atoms with E-state index in [4.69, 9.17) is 16.0 Å². The summed E-state index contributed by atoms with van der Waals surface area (Å²) in [5.74, 6) is 0. The Kier molecular flexibility index (Phi) is 4.47. The first-order valence-electron chi connectivity index (χ1n) is 8.43. The molecule has 0 bridgehead atoms. The lowest BCUT2D eigenvalue weighted by atomic mass is 10.1. The molecule has 1 fully saturated rings. The zero-order valence-electron chi connectivity index (χ0n) is 13.8. The van der Waals surface area contributed by atoms with E-state index >= 15 is 0 Å². The first-order valence-corrected chi connectivity index (χ1v) is 8.81. The largest absolute Gasteiger partial charge is 0.464 e. The van der Waals surface area contributed by atoms with Crippen LogP contribution in [0, 0.1) is 0 Å². The first-order chi connectivity index (χ1) is 12.2. The van der Waals surface area contributed by atoms with Crippen LogP contribution in [0.25, 0.3) is 11.0 Å². The summed E-state index contributed by atoms with van der Waals surface area (Å²) in [5, 5.41) is 1.41. The number of anilines is 1. The summed E-state index contributed by atoms with van der Waals surface area (Å²) >= 11 is 6.08. The van der Waals surface area contributed by atoms with Crippen LogP contribution in [0.5, 0.6) is 0 Å². The summed E-state index contributed by atoms with van der Waals surface area (Å²) in [7, 11) is 0. The second-order valence-electron chi connectivity index (χ2n) is 6.33. The molecule has 0 unspecified atom stereocenters. The molecule has 1 aromatic heterocycles. The summed E-state index contributed by atoms with van der Waals surface area (Å²) in [4.78, 5) is 17.2. The van der Waals surface area contributed by atoms with E-state index in [1.54, 1.807) is 6.26 Å². The Balaban J connectivity index is 1.45. The molecule has 0 saturated carbocycles. The van der Waals surface area contributed by atoms with Gasteiger partial charge in [-0.15, -0.1) is 0 Å². The number of para-hydroxylation sites is 1. The Morgan fingerprint density at radius 2 is 1.80 bits per heavy atom. The second kappa shape index (κ2) is 6.90. The SMILES string of the molecule is O=c1c(CN2CCN(c3cccc(Cl)c3)CC2)coc2ccccc12. The molecule has 128 valence electrons. The monoisotopic (exact) mass is 354 g/mol. The van der Waals surface area contributed by atoms with E-state index in [0.717, 1.165) is 42.5 Å². The minimum absolute atomic E-state index is 0.0686. The van der Waals surface area contributed by atoms with Gasteiger partial charge in [-0.3, -0.25) is 9.69 Å². The van der Waals surface area contributed by atoms with E-state index < -0.39 is 0 Å². The van der Waals surface area contributed by atoms with Crippen molar-refractivity contribution in [2.75, 3.05) is 31.1 Å². The van der Waals surface area contributed by atoms with Crippen LogP contribution in [0.4, 0.5) is 5.69 Å². The lowest BCUT2D eigenvalue weighted by molar-refractivity contribution is 0.247. The molecular formula is C20H19ClN2O2. The Hall–Kier alpha value is -2.30. The molecule has 0 amide bonds. The molecule has 4 nitrogen and oxygen atoms in total. The molecule has 0 atom stereocenters. The van der Waals surface area contributed by atoms with Crippen molar-refractivity contribution in [1.29, 1.82) is 0 Å². The van der Waals surface area contributed by atoms with Gasteiger partial charge >= 0.3 is 0 Å². The molecular weight excluding hydrogens is 336 g/mol. The van der Waals surface area contributed by atoms with Crippen LogP contribution < -0.4 is 10.3 Å². The van der Waals surface area contributed by atoms with Crippen LogP contribution in [0.2, 0.25) is 5.02 Å². The van der Waals surface area contributed by atoms with E-state index in [1.807, 2.05) is 42.5 Å². The third kappa shape index (κ3) is 3.41. The fourth-order valence-electron chi connectivity index (χ4n) is 3.31. The van der Waals surface area contributed by atoms with Gasteiger partial charge in [-0.25, -0.2) is 0 Å². The fraction of sp³-hybridized carbons (Fsp3) is 0.250. The zero-order valence-corrected chi connectivity index (χ0v) is 14.6. The number of benzene rings is 2. The van der Waals surface area contributed by atoms with Crippen molar-refractivity contribution in [2.45, 2.75) is 6.54 Å². The number of halogens is 1. The summed E-state index contributed by atoms with van der Waals surface area (Å²) in [6.07, 6.45) is 1.61. The highest BCUT2D eigenvalue weighted by atomic mass is 35.5. The zero-order chi connectivity index (χ0) is 17.2. The standard InChI is InChI=1S/C20H19ClN2O2/c21-16-4-3-5-17(12-16)23-10-8-22(9-11-23)13-15-14-25-19-7-2-1-6-18(19)20(15)24/h1-7,12,14H,8-11,13H2. The minimum atomic E-state index is 0.0686. The number of piperazine rings is 1. The predicted octanol–water partition coefficient (Wildman–Crippen LogP) is 3.77. The fourth-order valence-corrected chi connectivity index (χ4v) is 3.49. The van der Waals surface area contributed by atoms with Gasteiger partial charge in [0.1, 0.15) is 5.58 Å². The average molecular weight is 355 g/mol. The van der Waals surface area contributed by atoms with Gasteiger partial charge in [-0.05, 0) is 30.3 Å². The van der Waals surface area contributed by atoms with Gasteiger partial charge in [-0.1, -0.05) is 29.8 Å². The van der Waals surface area contributed by atoms with Crippen molar-refractivity contribution < 1.29 is 4.42 Å². The minimum Gasteiger partial charge on any atom is -0.464 e. The Bertz CT molecular complexity index is 946. The van der Waals surface area contributed by atoms with Crippen LogP contribution in [0.1, 0.15) is 5.56 Å². The van der Waals surface area contributed by atoms with Crippen LogP contribution in [-0.4, -0.2) is 31.1 Å². The molecule has 1 saturated heterocycles. The number of hydrogen-bond donors (Lipinski definition) is 0. The maximum atomic E-state index is 12.6. The van der Waals surface area contributed by atoms with Crippen molar-refractivity contribution >= 4 is 28.3 Å². The molecule has 1 aliphatic rings. The maximum Gasteiger partial charge on any atom is 0.197 e. The van der Waals surface area contributed by atoms with Crippen LogP contribution in [-0.2, 0) is 6.54 Å². The molecule has 4 rings (SSSR count). The highest BCUT2D eigenvalue weighted by molar-refractivity contribution is 6.30. The smallest absolute Gasteiger partial charge is 0.197 e. The van der Waals surface area contributed by atoms with Crippen LogP contribution >= 0.6 is 11.6 Å². The number of nitrogens with zero attached hydrogens (tertiary/aromatic N) is 2. The van der Waals surface area contributed by atoms with Crippen molar-refractivity contribution in [1.82, 2.24) is 4.90 Å². The highest BCUT2D eigenvalue weighted by Gasteiger charge is 2.19. The van der Waals surface area contributed by atoms with Crippen molar-refractivity contribution in [2.24, 2.45) is 0 Å². The van der Waals surface area contributed by atoms with Gasteiger partial charge in [0.2, 0.25) is 0 Å². The van der Waals surface area contributed by atoms with E-state index in [0.29, 0.717) is 17.5 Å². The summed E-state index contributed by atoms with van der Waals surface area (Å²) in [6.45, 7) is 4.26. The van der Waals surface area contributed by atoms with E-state index in [1.165, 1.54) is 0 Å².